The quantitative estimate of drug-likeness (QED) is 0.206. The van der Waals surface area contributed by atoms with Gasteiger partial charge in [-0.25, -0.2) is 4.99 Å². The summed E-state index contributed by atoms with van der Waals surface area (Å²) in [6, 6.07) is 1.72. The number of carboxylic acids is 1. The van der Waals surface area contributed by atoms with Crippen molar-refractivity contribution in [1.29, 1.82) is 0 Å². The van der Waals surface area contributed by atoms with Gasteiger partial charge in [0.15, 0.2) is 17.5 Å². The maximum atomic E-state index is 12.5. The van der Waals surface area contributed by atoms with E-state index in [4.69, 9.17) is 16.6 Å². The first kappa shape index (κ1) is 27.3. The van der Waals surface area contributed by atoms with E-state index in [1.807, 2.05) is 0 Å². The third kappa shape index (κ3) is 10.6. The van der Waals surface area contributed by atoms with Crippen molar-refractivity contribution >= 4 is 35.1 Å². The number of aliphatic imine (C=N–C) groups is 1. The highest BCUT2D eigenvalue weighted by Crippen LogP contribution is 2.32. The Morgan fingerprint density at radius 2 is 1.81 bits per heavy atom. The SMILES string of the molecule is C=CC(=O)C(CC(=O)O)NC(=O)CC.CC(=O)c1cc(N=C(N)N)cc(C(F)(F)F)c1. The van der Waals surface area contributed by atoms with Crippen LogP contribution >= 0.6 is 0 Å². The zero-order valence-corrected chi connectivity index (χ0v) is 16.8. The Bertz CT molecular complexity index is 878. The average molecular weight is 444 g/mol. The number of aliphatic carboxylic acids is 1. The molecule has 1 rings (SSSR count). The second kappa shape index (κ2) is 12.1. The molecule has 1 atom stereocenters. The van der Waals surface area contributed by atoms with E-state index >= 15 is 0 Å². The molecule has 12 heteroatoms. The average Bonchev–Trinajstić information content (AvgIpc) is 2.65. The van der Waals surface area contributed by atoms with Crippen molar-refractivity contribution in [1.82, 2.24) is 5.32 Å². The molecule has 0 heterocycles. The topological polar surface area (TPSA) is 165 Å². The second-order valence-electron chi connectivity index (χ2n) is 6.04. The molecular weight excluding hydrogens is 421 g/mol. The van der Waals surface area contributed by atoms with E-state index in [2.05, 4.69) is 16.9 Å². The van der Waals surface area contributed by atoms with Gasteiger partial charge in [-0.2, -0.15) is 13.2 Å². The lowest BCUT2D eigenvalue weighted by molar-refractivity contribution is -0.139. The fourth-order valence-corrected chi connectivity index (χ4v) is 2.03. The number of rotatable bonds is 8. The first-order chi connectivity index (χ1) is 14.2. The molecule has 0 aliphatic heterocycles. The van der Waals surface area contributed by atoms with Gasteiger partial charge in [-0.1, -0.05) is 13.5 Å². The zero-order valence-electron chi connectivity index (χ0n) is 16.8. The predicted octanol–water partition coefficient (Wildman–Crippen LogP) is 1.92. The van der Waals surface area contributed by atoms with Crippen LogP contribution < -0.4 is 16.8 Å². The number of carbonyl (C=O) groups excluding carboxylic acids is 3. The zero-order chi connectivity index (χ0) is 24.4. The van der Waals surface area contributed by atoms with Crippen LogP contribution in [0.1, 0.15) is 42.6 Å². The van der Waals surface area contributed by atoms with Gasteiger partial charge in [-0.3, -0.25) is 19.2 Å². The van der Waals surface area contributed by atoms with Crippen LogP contribution in [0, 0.1) is 0 Å². The van der Waals surface area contributed by atoms with Crippen molar-refractivity contribution in [2.75, 3.05) is 0 Å². The third-order valence-corrected chi connectivity index (χ3v) is 3.49. The third-order valence-electron chi connectivity index (χ3n) is 3.49. The van der Waals surface area contributed by atoms with Crippen LogP contribution in [0.15, 0.2) is 35.8 Å². The van der Waals surface area contributed by atoms with Crippen molar-refractivity contribution in [2.24, 2.45) is 16.5 Å². The van der Waals surface area contributed by atoms with Crippen molar-refractivity contribution in [3.63, 3.8) is 0 Å². The number of ketones is 2. The first-order valence-electron chi connectivity index (χ1n) is 8.71. The molecule has 6 N–H and O–H groups in total. The number of hydrogen-bond acceptors (Lipinski definition) is 5. The minimum atomic E-state index is -4.56. The van der Waals surface area contributed by atoms with Gasteiger partial charge in [0.05, 0.1) is 17.7 Å². The van der Waals surface area contributed by atoms with Gasteiger partial charge < -0.3 is 21.9 Å². The van der Waals surface area contributed by atoms with Gasteiger partial charge in [0, 0.05) is 12.0 Å². The largest absolute Gasteiger partial charge is 0.481 e. The number of benzene rings is 1. The molecule has 170 valence electrons. The van der Waals surface area contributed by atoms with Gasteiger partial charge >= 0.3 is 12.1 Å². The number of halogens is 3. The smallest absolute Gasteiger partial charge is 0.416 e. The maximum absolute atomic E-state index is 12.5. The van der Waals surface area contributed by atoms with Gasteiger partial charge in [-0.15, -0.1) is 0 Å². The van der Waals surface area contributed by atoms with E-state index in [0.29, 0.717) is 0 Å². The molecule has 1 unspecified atom stereocenters. The predicted molar refractivity (Wildman–Crippen MR) is 107 cm³/mol. The normalized spacial score (nSPS) is 11.3. The molecule has 0 radical (unpaired) electrons. The van der Waals surface area contributed by atoms with Crippen LogP contribution in [0.2, 0.25) is 0 Å². The van der Waals surface area contributed by atoms with Crippen LogP contribution in [0.3, 0.4) is 0 Å². The van der Waals surface area contributed by atoms with Crippen LogP contribution in [-0.4, -0.2) is 40.6 Å². The number of amides is 1. The minimum Gasteiger partial charge on any atom is -0.481 e. The summed E-state index contributed by atoms with van der Waals surface area (Å²) in [5, 5.41) is 10.8. The number of nitrogens with zero attached hydrogens (tertiary/aromatic N) is 1. The highest BCUT2D eigenvalue weighted by Gasteiger charge is 2.31. The molecule has 0 fully saturated rings. The number of hydrogen-bond donors (Lipinski definition) is 4. The van der Waals surface area contributed by atoms with Crippen LogP contribution in [-0.2, 0) is 20.6 Å². The van der Waals surface area contributed by atoms with Crippen molar-refractivity contribution < 1.29 is 37.5 Å². The van der Waals surface area contributed by atoms with Crippen LogP contribution in [0.25, 0.3) is 0 Å². The van der Waals surface area contributed by atoms with Crippen LogP contribution in [0.5, 0.6) is 0 Å². The minimum absolute atomic E-state index is 0.0974. The van der Waals surface area contributed by atoms with Gasteiger partial charge in [0.1, 0.15) is 6.04 Å². The Morgan fingerprint density at radius 3 is 2.19 bits per heavy atom. The number of nitrogens with one attached hydrogen (secondary N) is 1. The van der Waals surface area contributed by atoms with Crippen molar-refractivity contribution in [2.45, 2.75) is 38.9 Å². The Labute approximate surface area is 176 Å². The summed E-state index contributed by atoms with van der Waals surface area (Å²) >= 11 is 0. The summed E-state index contributed by atoms with van der Waals surface area (Å²) in [5.41, 5.74) is 8.97. The fourth-order valence-electron chi connectivity index (χ4n) is 2.03. The van der Waals surface area contributed by atoms with Crippen molar-refractivity contribution in [3.05, 3.63) is 42.0 Å². The molecular formula is C19H23F3N4O5. The molecule has 0 aliphatic rings. The summed E-state index contributed by atoms with van der Waals surface area (Å²) in [6.07, 6.45) is -3.76. The molecule has 9 nitrogen and oxygen atoms in total. The molecule has 0 aliphatic carbocycles. The summed E-state index contributed by atoms with van der Waals surface area (Å²) in [4.78, 5) is 47.0. The van der Waals surface area contributed by atoms with Crippen LogP contribution in [0.4, 0.5) is 18.9 Å². The number of carbonyl (C=O) groups is 4. The number of carboxylic acid groups (broad SMARTS) is 1. The van der Waals surface area contributed by atoms with Gasteiger partial charge in [-0.05, 0) is 31.2 Å². The summed E-state index contributed by atoms with van der Waals surface area (Å²) in [6.45, 7) is 6.01. The van der Waals surface area contributed by atoms with E-state index < -0.39 is 41.7 Å². The number of Topliss-reactive ketones (excluding diaryl/α,β-unsaturated/α-hetero) is 1. The maximum Gasteiger partial charge on any atom is 0.416 e. The summed E-state index contributed by atoms with van der Waals surface area (Å²) < 4.78 is 37.6. The summed E-state index contributed by atoms with van der Waals surface area (Å²) in [7, 11) is 0. The molecule has 31 heavy (non-hydrogen) atoms. The van der Waals surface area contributed by atoms with E-state index in [1.54, 1.807) is 6.92 Å². The Kier molecular flexibility index (Phi) is 10.7. The van der Waals surface area contributed by atoms with Crippen molar-refractivity contribution in [3.8, 4) is 0 Å². The molecule has 0 spiro atoms. The van der Waals surface area contributed by atoms with Gasteiger partial charge in [0.2, 0.25) is 5.91 Å². The van der Waals surface area contributed by atoms with E-state index in [1.165, 1.54) is 6.07 Å². The molecule has 1 aromatic carbocycles. The highest BCUT2D eigenvalue weighted by molar-refractivity contribution is 5.98. The second-order valence-corrected chi connectivity index (χ2v) is 6.04. The monoisotopic (exact) mass is 444 g/mol. The van der Waals surface area contributed by atoms with E-state index in [-0.39, 0.29) is 29.5 Å². The Balaban J connectivity index is 0.000000594. The Hall–Kier alpha value is -3.70. The standard InChI is InChI=1S/C10H10F3N3O.C9H13NO4/c1-5(17)6-2-7(10(11,12)13)4-8(3-6)16-9(14)15;1-3-7(11)6(5-9(13)14)10-8(12)4-2/h2-4H,1H3,(H4,14,15,16);3,6H,1,4-5H2,2H3,(H,10,12)(H,13,14). The van der Waals surface area contributed by atoms with E-state index in [0.717, 1.165) is 25.1 Å². The summed E-state index contributed by atoms with van der Waals surface area (Å²) in [5.74, 6) is -2.86. The molecule has 0 aromatic heterocycles. The fraction of sp³-hybridized carbons (Fsp3) is 0.316. The number of alkyl halides is 3. The Morgan fingerprint density at radius 1 is 1.23 bits per heavy atom. The molecule has 1 aromatic rings. The van der Waals surface area contributed by atoms with E-state index in [9.17, 15) is 32.3 Å². The molecule has 0 saturated heterocycles. The molecule has 0 bridgehead atoms. The first-order valence-corrected chi connectivity index (χ1v) is 8.71. The lowest BCUT2D eigenvalue weighted by atomic mass is 10.1. The number of guanidine groups is 1. The lowest BCUT2D eigenvalue weighted by Crippen LogP contribution is -2.41. The number of nitrogens with two attached hydrogens (primary N) is 2. The van der Waals surface area contributed by atoms with Gasteiger partial charge in [0.25, 0.3) is 0 Å². The molecule has 1 amide bonds. The highest BCUT2D eigenvalue weighted by atomic mass is 19.4. The lowest BCUT2D eigenvalue weighted by Gasteiger charge is -2.12. The molecule has 0 saturated carbocycles.